The molecule has 2 aromatic heterocycles. The first-order chi connectivity index (χ1) is 11.3. The van der Waals surface area contributed by atoms with Crippen LogP contribution in [0.5, 0.6) is 0 Å². The van der Waals surface area contributed by atoms with Crippen LogP contribution in [0.4, 0.5) is 0 Å². The Morgan fingerprint density at radius 3 is 2.91 bits per heavy atom. The number of H-pyrrole nitrogens is 1. The zero-order valence-corrected chi connectivity index (χ0v) is 13.0. The lowest BCUT2D eigenvalue weighted by Crippen LogP contribution is -2.22. The Labute approximate surface area is 134 Å². The van der Waals surface area contributed by atoms with Gasteiger partial charge in [0.05, 0.1) is 5.69 Å². The zero-order chi connectivity index (χ0) is 15.6. The van der Waals surface area contributed by atoms with E-state index in [1.165, 1.54) is 17.5 Å². The molecule has 0 saturated heterocycles. The van der Waals surface area contributed by atoms with Crippen molar-refractivity contribution in [3.63, 3.8) is 0 Å². The highest BCUT2D eigenvalue weighted by atomic mass is 15.5. The molecule has 4 rings (SSSR count). The van der Waals surface area contributed by atoms with Gasteiger partial charge >= 0.3 is 0 Å². The average molecular weight is 306 g/mol. The third-order valence-electron chi connectivity index (χ3n) is 4.47. The molecule has 0 radical (unpaired) electrons. The van der Waals surface area contributed by atoms with E-state index in [1.54, 1.807) is 6.20 Å². The lowest BCUT2D eigenvalue weighted by Gasteiger charge is -2.24. The van der Waals surface area contributed by atoms with Gasteiger partial charge in [-0.1, -0.05) is 24.3 Å². The predicted molar refractivity (Wildman–Crippen MR) is 86.4 cm³/mol. The number of aryl methyl sites for hydroxylation is 1. The van der Waals surface area contributed by atoms with Crippen molar-refractivity contribution >= 4 is 0 Å². The number of benzene rings is 1. The highest BCUT2D eigenvalue weighted by Gasteiger charge is 2.25. The molecule has 1 aliphatic rings. The Hall–Kier alpha value is -2.60. The number of aromatic nitrogens is 5. The lowest BCUT2D eigenvalue weighted by molar-refractivity contribution is 0.233. The normalized spacial score (nSPS) is 16.7. The van der Waals surface area contributed by atoms with Gasteiger partial charge in [0, 0.05) is 24.3 Å². The summed E-state index contributed by atoms with van der Waals surface area (Å²) in [6, 6.07) is 13.2. The van der Waals surface area contributed by atoms with Crippen LogP contribution in [-0.4, -0.2) is 37.6 Å². The SMILES string of the molecule is CN(Cc1ccc(-c2nn[nH]n2)cn1)C1CCc2ccccc21. The summed E-state index contributed by atoms with van der Waals surface area (Å²) in [4.78, 5) is 6.92. The van der Waals surface area contributed by atoms with E-state index in [9.17, 15) is 0 Å². The molecular formula is C17H18N6. The van der Waals surface area contributed by atoms with Gasteiger partial charge in [-0.15, -0.1) is 10.2 Å². The maximum atomic E-state index is 4.54. The summed E-state index contributed by atoms with van der Waals surface area (Å²) in [6.45, 7) is 0.825. The smallest absolute Gasteiger partial charge is 0.206 e. The Balaban J connectivity index is 1.48. The molecule has 116 valence electrons. The van der Waals surface area contributed by atoms with E-state index in [-0.39, 0.29) is 0 Å². The van der Waals surface area contributed by atoms with Gasteiger partial charge in [0.25, 0.3) is 0 Å². The van der Waals surface area contributed by atoms with Gasteiger partial charge in [0.1, 0.15) is 0 Å². The topological polar surface area (TPSA) is 70.6 Å². The maximum Gasteiger partial charge on any atom is 0.206 e. The van der Waals surface area contributed by atoms with Gasteiger partial charge in [-0.2, -0.15) is 5.21 Å². The summed E-state index contributed by atoms with van der Waals surface area (Å²) in [6.07, 6.45) is 4.14. The summed E-state index contributed by atoms with van der Waals surface area (Å²) in [7, 11) is 2.17. The van der Waals surface area contributed by atoms with Crippen molar-refractivity contribution in [2.75, 3.05) is 7.05 Å². The number of rotatable bonds is 4. The summed E-state index contributed by atoms with van der Waals surface area (Å²) in [5.74, 6) is 0.571. The monoisotopic (exact) mass is 306 g/mol. The van der Waals surface area contributed by atoms with Crippen LogP contribution in [-0.2, 0) is 13.0 Å². The van der Waals surface area contributed by atoms with Gasteiger partial charge in [0.2, 0.25) is 5.82 Å². The number of nitrogens with one attached hydrogen (secondary N) is 1. The van der Waals surface area contributed by atoms with Gasteiger partial charge in [-0.3, -0.25) is 9.88 Å². The third kappa shape index (κ3) is 2.73. The average Bonchev–Trinajstić information content (AvgIpc) is 3.25. The van der Waals surface area contributed by atoms with Gasteiger partial charge in [0.15, 0.2) is 0 Å². The second-order valence-electron chi connectivity index (χ2n) is 5.94. The van der Waals surface area contributed by atoms with Crippen LogP contribution < -0.4 is 0 Å². The van der Waals surface area contributed by atoms with Crippen LogP contribution >= 0.6 is 0 Å². The van der Waals surface area contributed by atoms with Crippen LogP contribution in [0.2, 0.25) is 0 Å². The molecule has 0 aliphatic heterocycles. The molecule has 23 heavy (non-hydrogen) atoms. The first-order valence-corrected chi connectivity index (χ1v) is 7.78. The van der Waals surface area contributed by atoms with E-state index >= 15 is 0 Å². The highest BCUT2D eigenvalue weighted by molar-refractivity contribution is 5.51. The van der Waals surface area contributed by atoms with Crippen LogP contribution in [0.1, 0.15) is 29.3 Å². The molecule has 0 amide bonds. The molecular weight excluding hydrogens is 288 g/mol. The fraction of sp³-hybridized carbons (Fsp3) is 0.294. The number of nitrogens with zero attached hydrogens (tertiary/aromatic N) is 5. The van der Waals surface area contributed by atoms with Crippen molar-refractivity contribution in [1.29, 1.82) is 0 Å². The van der Waals surface area contributed by atoms with Crippen LogP contribution in [0, 0.1) is 0 Å². The first kappa shape index (κ1) is 14.0. The number of aromatic amines is 1. The van der Waals surface area contributed by atoms with Crippen LogP contribution in [0.15, 0.2) is 42.6 Å². The van der Waals surface area contributed by atoms with Crippen LogP contribution in [0.25, 0.3) is 11.4 Å². The molecule has 1 atom stereocenters. The number of hydrogen-bond donors (Lipinski definition) is 1. The molecule has 0 bridgehead atoms. The van der Waals surface area contributed by atoms with Crippen molar-refractivity contribution in [3.05, 3.63) is 59.4 Å². The Kier molecular flexibility index (Phi) is 3.59. The quantitative estimate of drug-likeness (QED) is 0.801. The lowest BCUT2D eigenvalue weighted by atomic mass is 10.1. The Morgan fingerprint density at radius 2 is 2.13 bits per heavy atom. The summed E-state index contributed by atoms with van der Waals surface area (Å²) >= 11 is 0. The molecule has 0 saturated carbocycles. The number of pyridine rings is 1. The number of tetrazole rings is 1. The van der Waals surface area contributed by atoms with E-state index < -0.39 is 0 Å². The van der Waals surface area contributed by atoms with E-state index in [0.717, 1.165) is 24.2 Å². The predicted octanol–water partition coefficient (Wildman–Crippen LogP) is 2.38. The van der Waals surface area contributed by atoms with Crippen molar-refractivity contribution in [3.8, 4) is 11.4 Å². The first-order valence-electron chi connectivity index (χ1n) is 7.78. The van der Waals surface area contributed by atoms with E-state index in [1.807, 2.05) is 12.1 Å². The van der Waals surface area contributed by atoms with Gasteiger partial charge in [-0.05, 0) is 48.4 Å². The highest BCUT2D eigenvalue weighted by Crippen LogP contribution is 2.35. The summed E-state index contributed by atoms with van der Waals surface area (Å²) < 4.78 is 0. The molecule has 0 fully saturated rings. The maximum absolute atomic E-state index is 4.54. The fourth-order valence-electron chi connectivity index (χ4n) is 3.29. The van der Waals surface area contributed by atoms with E-state index in [2.05, 4.69) is 61.8 Å². The standard InChI is InChI=1S/C17H18N6/c1-23(16-9-7-12-4-2-3-5-15(12)16)11-14-8-6-13(10-18-14)17-19-21-22-20-17/h2-6,8,10,16H,7,9,11H2,1H3,(H,19,20,21,22). The van der Waals surface area contributed by atoms with Gasteiger partial charge < -0.3 is 0 Å². The minimum Gasteiger partial charge on any atom is -0.294 e. The van der Waals surface area contributed by atoms with Crippen molar-refractivity contribution in [2.45, 2.75) is 25.4 Å². The minimum absolute atomic E-state index is 0.477. The molecule has 6 nitrogen and oxygen atoms in total. The third-order valence-corrected chi connectivity index (χ3v) is 4.47. The fourth-order valence-corrected chi connectivity index (χ4v) is 3.29. The van der Waals surface area contributed by atoms with E-state index in [0.29, 0.717) is 11.9 Å². The number of hydrogen-bond acceptors (Lipinski definition) is 5. The van der Waals surface area contributed by atoms with Crippen molar-refractivity contribution in [1.82, 2.24) is 30.5 Å². The molecule has 0 spiro atoms. The molecule has 2 heterocycles. The van der Waals surface area contributed by atoms with Crippen LogP contribution in [0.3, 0.4) is 0 Å². The summed E-state index contributed by atoms with van der Waals surface area (Å²) in [5.41, 5.74) is 4.85. The Bertz CT molecular complexity index is 781. The molecule has 6 heteroatoms. The van der Waals surface area contributed by atoms with Gasteiger partial charge in [-0.25, -0.2) is 0 Å². The van der Waals surface area contributed by atoms with Crippen molar-refractivity contribution in [2.24, 2.45) is 0 Å². The molecule has 1 aromatic carbocycles. The molecule has 1 N–H and O–H groups in total. The molecule has 3 aromatic rings. The zero-order valence-electron chi connectivity index (χ0n) is 13.0. The number of fused-ring (bicyclic) bond motifs is 1. The second-order valence-corrected chi connectivity index (χ2v) is 5.94. The second kappa shape index (κ2) is 5.89. The van der Waals surface area contributed by atoms with E-state index in [4.69, 9.17) is 0 Å². The molecule has 1 unspecified atom stereocenters. The minimum atomic E-state index is 0.477. The Morgan fingerprint density at radius 1 is 1.22 bits per heavy atom. The largest absolute Gasteiger partial charge is 0.294 e. The summed E-state index contributed by atoms with van der Waals surface area (Å²) in [5, 5.41) is 14.0. The van der Waals surface area contributed by atoms with Crippen molar-refractivity contribution < 1.29 is 0 Å². The molecule has 1 aliphatic carbocycles.